The Balaban J connectivity index is 2.95. The first kappa shape index (κ1) is 10.4. The first-order valence-corrected chi connectivity index (χ1v) is 8.09. The fraction of sp³-hybridized carbons (Fsp3) is 0.250. The summed E-state index contributed by atoms with van der Waals surface area (Å²) in [5.41, 5.74) is 0.921. The second-order valence-electron chi connectivity index (χ2n) is 2.60. The van der Waals surface area contributed by atoms with Gasteiger partial charge in [0.05, 0.1) is 0 Å². The molecule has 4 heteroatoms. The third-order valence-corrected chi connectivity index (χ3v) is 8.94. The second-order valence-corrected chi connectivity index (χ2v) is 9.42. The number of rotatable bonds is 3. The summed E-state index contributed by atoms with van der Waals surface area (Å²) < 4.78 is 0. The highest BCUT2D eigenvalue weighted by molar-refractivity contribution is 7.31. The molecule has 1 rings (SSSR count). The number of alkyl halides is 2. The zero-order chi connectivity index (χ0) is 9.03. The molecule has 1 aromatic carbocycles. The Morgan fingerprint density at radius 1 is 1.00 bits per heavy atom. The minimum absolute atomic E-state index is 0.460. The van der Waals surface area contributed by atoms with Crippen LogP contribution in [0, 0.1) is 0 Å². The first-order valence-electron chi connectivity index (χ1n) is 3.59. The molecule has 0 aliphatic rings. The summed E-state index contributed by atoms with van der Waals surface area (Å²) in [7, 11) is -2.07. The van der Waals surface area contributed by atoms with E-state index in [0.717, 1.165) is 5.19 Å². The average molecular weight is 240 g/mol. The maximum atomic E-state index is 6.31. The van der Waals surface area contributed by atoms with Crippen molar-refractivity contribution < 1.29 is 0 Å². The number of benzene rings is 1. The zero-order valence-corrected chi connectivity index (χ0v) is 9.70. The third kappa shape index (κ3) is 2.16. The van der Waals surface area contributed by atoms with Crippen LogP contribution < -0.4 is 5.19 Å². The van der Waals surface area contributed by atoms with Crippen LogP contribution in [0.4, 0.5) is 0 Å². The van der Waals surface area contributed by atoms with Crippen molar-refractivity contribution in [1.82, 2.24) is 0 Å². The van der Waals surface area contributed by atoms with Gasteiger partial charge in [-0.2, -0.15) is 11.1 Å². The molecular weight excluding hydrogens is 231 g/mol. The summed E-state index contributed by atoms with van der Waals surface area (Å²) in [6.07, 6.45) is 0. The van der Waals surface area contributed by atoms with Crippen LogP contribution in [0.2, 0.25) is 0 Å². The highest BCUT2D eigenvalue weighted by Gasteiger charge is 2.30. The molecule has 0 fully saturated rings. The average Bonchev–Trinajstić information content (AvgIpc) is 2.18. The molecule has 12 heavy (non-hydrogen) atoms. The van der Waals surface area contributed by atoms with Crippen LogP contribution in [0.5, 0.6) is 0 Å². The summed E-state index contributed by atoms with van der Waals surface area (Å²) in [5, 5.41) is 1.11. The molecule has 0 spiro atoms. The van der Waals surface area contributed by atoms with Crippen molar-refractivity contribution >= 4 is 46.9 Å². The fourth-order valence-electron chi connectivity index (χ4n) is 0.927. The SMILES string of the molecule is ClC[Si](Cl)(CCl)c1ccccc1. The van der Waals surface area contributed by atoms with Crippen LogP contribution in [0.3, 0.4) is 0 Å². The predicted molar refractivity (Wildman–Crippen MR) is 59.1 cm³/mol. The van der Waals surface area contributed by atoms with E-state index in [4.69, 9.17) is 34.3 Å². The van der Waals surface area contributed by atoms with Crippen LogP contribution in [-0.2, 0) is 0 Å². The predicted octanol–water partition coefficient (Wildman–Crippen LogP) is 2.63. The lowest BCUT2D eigenvalue weighted by Gasteiger charge is -2.18. The zero-order valence-electron chi connectivity index (χ0n) is 6.43. The molecule has 66 valence electrons. The maximum absolute atomic E-state index is 6.31. The van der Waals surface area contributed by atoms with E-state index in [2.05, 4.69) is 0 Å². The summed E-state index contributed by atoms with van der Waals surface area (Å²) in [6, 6.07) is 9.85. The van der Waals surface area contributed by atoms with Gasteiger partial charge in [0.25, 0.3) is 0 Å². The summed E-state index contributed by atoms with van der Waals surface area (Å²) in [4.78, 5) is 0. The quantitative estimate of drug-likeness (QED) is 0.432. The molecule has 0 bridgehead atoms. The van der Waals surface area contributed by atoms with Crippen molar-refractivity contribution in [3.05, 3.63) is 30.3 Å². The molecule has 0 aliphatic carbocycles. The Labute approximate surface area is 88.2 Å². The van der Waals surface area contributed by atoms with Crippen LogP contribution >= 0.6 is 34.3 Å². The van der Waals surface area contributed by atoms with Crippen molar-refractivity contribution in [2.75, 3.05) is 11.0 Å². The van der Waals surface area contributed by atoms with Crippen molar-refractivity contribution in [3.63, 3.8) is 0 Å². The summed E-state index contributed by atoms with van der Waals surface area (Å²) >= 11 is 17.9. The second kappa shape index (κ2) is 4.52. The summed E-state index contributed by atoms with van der Waals surface area (Å²) in [5.74, 6) is 0. The molecule has 0 amide bonds. The number of hydrogen-bond acceptors (Lipinski definition) is 0. The molecule has 1 aromatic rings. The van der Waals surface area contributed by atoms with Crippen LogP contribution in [0.25, 0.3) is 0 Å². The Morgan fingerprint density at radius 3 is 1.92 bits per heavy atom. The van der Waals surface area contributed by atoms with Crippen molar-refractivity contribution in [1.29, 1.82) is 0 Å². The molecule has 0 saturated carbocycles. The molecular formula is C8H9Cl3Si. The van der Waals surface area contributed by atoms with E-state index < -0.39 is 7.38 Å². The number of halogens is 3. The minimum atomic E-state index is -2.07. The van der Waals surface area contributed by atoms with Gasteiger partial charge in [-0.05, 0) is 5.19 Å². The van der Waals surface area contributed by atoms with Crippen LogP contribution in [-0.4, -0.2) is 18.4 Å². The highest BCUT2D eigenvalue weighted by Crippen LogP contribution is 2.13. The van der Waals surface area contributed by atoms with Crippen LogP contribution in [0.1, 0.15) is 0 Å². The molecule has 0 atom stereocenters. The van der Waals surface area contributed by atoms with E-state index in [1.165, 1.54) is 0 Å². The largest absolute Gasteiger partial charge is 0.215 e. The number of hydrogen-bond donors (Lipinski definition) is 0. The lowest BCUT2D eigenvalue weighted by Crippen LogP contribution is -2.47. The van der Waals surface area contributed by atoms with Gasteiger partial charge >= 0.3 is 0 Å². The molecule has 0 N–H and O–H groups in total. The van der Waals surface area contributed by atoms with Gasteiger partial charge in [-0.3, -0.25) is 0 Å². The van der Waals surface area contributed by atoms with E-state index >= 15 is 0 Å². The van der Waals surface area contributed by atoms with E-state index in [1.807, 2.05) is 30.3 Å². The van der Waals surface area contributed by atoms with Gasteiger partial charge in [-0.25, -0.2) is 0 Å². The standard InChI is InChI=1S/C8H9Cl3Si/c9-6-12(11,7-10)8-4-2-1-3-5-8/h1-5H,6-7H2. The molecule has 0 nitrogen and oxygen atoms in total. The van der Waals surface area contributed by atoms with Crippen molar-refractivity contribution in [2.45, 2.75) is 0 Å². The van der Waals surface area contributed by atoms with Gasteiger partial charge in [0.2, 0.25) is 7.38 Å². The van der Waals surface area contributed by atoms with E-state index in [-0.39, 0.29) is 0 Å². The molecule has 0 radical (unpaired) electrons. The van der Waals surface area contributed by atoms with Crippen molar-refractivity contribution in [3.8, 4) is 0 Å². The Bertz CT molecular complexity index is 233. The monoisotopic (exact) mass is 238 g/mol. The summed E-state index contributed by atoms with van der Waals surface area (Å²) in [6.45, 7) is 0. The first-order chi connectivity index (χ1) is 5.73. The van der Waals surface area contributed by atoms with Crippen LogP contribution in [0.15, 0.2) is 30.3 Å². The lowest BCUT2D eigenvalue weighted by atomic mass is 10.4. The molecule has 0 aromatic heterocycles. The fourth-order valence-corrected chi connectivity index (χ4v) is 4.26. The van der Waals surface area contributed by atoms with E-state index in [1.54, 1.807) is 0 Å². The van der Waals surface area contributed by atoms with Gasteiger partial charge in [-0.15, -0.1) is 23.2 Å². The topological polar surface area (TPSA) is 0 Å². The molecule has 0 unspecified atom stereocenters. The van der Waals surface area contributed by atoms with Gasteiger partial charge in [-0.1, -0.05) is 30.3 Å². The van der Waals surface area contributed by atoms with Gasteiger partial charge < -0.3 is 0 Å². The van der Waals surface area contributed by atoms with E-state index in [9.17, 15) is 0 Å². The normalized spacial score (nSPS) is 11.6. The maximum Gasteiger partial charge on any atom is 0.215 e. The Kier molecular flexibility index (Phi) is 3.91. The molecule has 0 aliphatic heterocycles. The molecule has 0 heterocycles. The minimum Gasteiger partial charge on any atom is -0.158 e. The van der Waals surface area contributed by atoms with E-state index in [0.29, 0.717) is 11.0 Å². The lowest BCUT2D eigenvalue weighted by molar-refractivity contribution is 1.71. The van der Waals surface area contributed by atoms with Crippen molar-refractivity contribution in [2.24, 2.45) is 0 Å². The highest BCUT2D eigenvalue weighted by atomic mass is 35.6. The van der Waals surface area contributed by atoms with Gasteiger partial charge in [0, 0.05) is 11.0 Å². The Morgan fingerprint density at radius 2 is 1.50 bits per heavy atom. The van der Waals surface area contributed by atoms with Gasteiger partial charge in [0.15, 0.2) is 0 Å². The Hall–Kier alpha value is 0.307. The third-order valence-electron chi connectivity index (χ3n) is 1.71. The smallest absolute Gasteiger partial charge is 0.158 e. The van der Waals surface area contributed by atoms with Gasteiger partial charge in [0.1, 0.15) is 0 Å². The molecule has 0 saturated heterocycles.